The summed E-state index contributed by atoms with van der Waals surface area (Å²) >= 11 is 0. The third-order valence-electron chi connectivity index (χ3n) is 5.11. The van der Waals surface area contributed by atoms with Crippen LogP contribution < -0.4 is 10.1 Å². The molecule has 2 aromatic rings. The molecule has 5 heteroatoms. The highest BCUT2D eigenvalue weighted by Gasteiger charge is 2.20. The largest absolute Gasteiger partial charge is 0.492 e. The number of amides is 2. The fourth-order valence-electron chi connectivity index (χ4n) is 3.39. The van der Waals surface area contributed by atoms with Gasteiger partial charge in [-0.3, -0.25) is 9.59 Å². The lowest BCUT2D eigenvalue weighted by Crippen LogP contribution is -2.28. The van der Waals surface area contributed by atoms with Crippen molar-refractivity contribution in [1.29, 1.82) is 0 Å². The van der Waals surface area contributed by atoms with Crippen LogP contribution in [0.15, 0.2) is 48.5 Å². The number of carbonyl (C=O) groups is 2. The van der Waals surface area contributed by atoms with E-state index in [0.29, 0.717) is 31.7 Å². The number of benzene rings is 2. The van der Waals surface area contributed by atoms with Crippen molar-refractivity contribution in [3.63, 3.8) is 0 Å². The van der Waals surface area contributed by atoms with Crippen LogP contribution in [-0.2, 0) is 16.8 Å². The number of rotatable bonds is 7. The monoisotopic (exact) mass is 394 g/mol. The molecule has 3 rings (SSSR count). The molecule has 0 aliphatic carbocycles. The summed E-state index contributed by atoms with van der Waals surface area (Å²) in [4.78, 5) is 26.0. The van der Waals surface area contributed by atoms with Crippen molar-refractivity contribution in [2.45, 2.75) is 45.6 Å². The standard InChI is InChI=1S/C24H30N2O3/c1-24(2,3)20-9-11-21(12-10-20)29-15-13-25-23(28)19-7-4-6-18(16-19)17-26-14-5-8-22(26)27/h4,6-7,9-12,16H,5,8,13-15,17H2,1-3H3,(H,25,28). The van der Waals surface area contributed by atoms with Crippen LogP contribution in [0.2, 0.25) is 0 Å². The molecular weight excluding hydrogens is 364 g/mol. The molecule has 0 saturated carbocycles. The second-order valence-electron chi connectivity index (χ2n) is 8.50. The third-order valence-corrected chi connectivity index (χ3v) is 5.11. The van der Waals surface area contributed by atoms with Gasteiger partial charge >= 0.3 is 0 Å². The quantitative estimate of drug-likeness (QED) is 0.724. The van der Waals surface area contributed by atoms with Gasteiger partial charge < -0.3 is 15.0 Å². The minimum atomic E-state index is -0.133. The van der Waals surface area contributed by atoms with Gasteiger partial charge in [0.05, 0.1) is 6.54 Å². The molecule has 5 nitrogen and oxygen atoms in total. The van der Waals surface area contributed by atoms with Crippen molar-refractivity contribution in [2.24, 2.45) is 0 Å². The first-order valence-corrected chi connectivity index (χ1v) is 10.2. The van der Waals surface area contributed by atoms with Gasteiger partial charge in [-0.2, -0.15) is 0 Å². The van der Waals surface area contributed by atoms with Crippen LogP contribution in [0.3, 0.4) is 0 Å². The molecule has 0 bridgehead atoms. The van der Waals surface area contributed by atoms with Crippen molar-refractivity contribution < 1.29 is 14.3 Å². The second kappa shape index (κ2) is 9.12. The molecule has 0 atom stereocenters. The van der Waals surface area contributed by atoms with Gasteiger partial charge in [0, 0.05) is 25.1 Å². The Kier molecular flexibility index (Phi) is 6.57. The minimum Gasteiger partial charge on any atom is -0.492 e. The van der Waals surface area contributed by atoms with Gasteiger partial charge in [0.25, 0.3) is 5.91 Å². The van der Waals surface area contributed by atoms with Crippen LogP contribution in [-0.4, -0.2) is 36.4 Å². The average molecular weight is 395 g/mol. The van der Waals surface area contributed by atoms with Crippen molar-refractivity contribution >= 4 is 11.8 Å². The Morgan fingerprint density at radius 2 is 1.90 bits per heavy atom. The van der Waals surface area contributed by atoms with Crippen molar-refractivity contribution in [3.8, 4) is 5.75 Å². The van der Waals surface area contributed by atoms with E-state index in [9.17, 15) is 9.59 Å². The summed E-state index contributed by atoms with van der Waals surface area (Å²) in [7, 11) is 0. The lowest BCUT2D eigenvalue weighted by Gasteiger charge is -2.19. The van der Waals surface area contributed by atoms with Gasteiger partial charge in [-0.05, 0) is 47.2 Å². The molecule has 1 aliphatic heterocycles. The summed E-state index contributed by atoms with van der Waals surface area (Å²) in [5.74, 6) is 0.850. The Morgan fingerprint density at radius 1 is 1.14 bits per heavy atom. The first-order valence-electron chi connectivity index (χ1n) is 10.2. The summed E-state index contributed by atoms with van der Waals surface area (Å²) in [5, 5.41) is 2.89. The number of ether oxygens (including phenoxy) is 1. The molecule has 1 fully saturated rings. The van der Waals surface area contributed by atoms with Crippen LogP contribution in [0.4, 0.5) is 0 Å². The minimum absolute atomic E-state index is 0.114. The van der Waals surface area contributed by atoms with Gasteiger partial charge in [-0.25, -0.2) is 0 Å². The summed E-state index contributed by atoms with van der Waals surface area (Å²) < 4.78 is 5.73. The van der Waals surface area contributed by atoms with E-state index in [4.69, 9.17) is 4.74 Å². The maximum atomic E-state index is 12.4. The summed E-state index contributed by atoms with van der Waals surface area (Å²) in [6.45, 7) is 8.72. The van der Waals surface area contributed by atoms with E-state index in [1.807, 2.05) is 35.2 Å². The molecule has 1 N–H and O–H groups in total. The molecule has 0 spiro atoms. The summed E-state index contributed by atoms with van der Waals surface area (Å²) in [6, 6.07) is 15.5. The van der Waals surface area contributed by atoms with E-state index in [1.165, 1.54) is 5.56 Å². The van der Waals surface area contributed by atoms with Crippen molar-refractivity contribution in [2.75, 3.05) is 19.7 Å². The SMILES string of the molecule is CC(C)(C)c1ccc(OCCNC(=O)c2cccc(CN3CCCC3=O)c2)cc1. The highest BCUT2D eigenvalue weighted by atomic mass is 16.5. The van der Waals surface area contributed by atoms with Gasteiger partial charge in [-0.1, -0.05) is 45.0 Å². The molecule has 29 heavy (non-hydrogen) atoms. The number of nitrogens with zero attached hydrogens (tertiary/aromatic N) is 1. The number of hydrogen-bond acceptors (Lipinski definition) is 3. The predicted molar refractivity (Wildman–Crippen MR) is 114 cm³/mol. The topological polar surface area (TPSA) is 58.6 Å². The number of carbonyl (C=O) groups excluding carboxylic acids is 2. The maximum Gasteiger partial charge on any atom is 0.251 e. The van der Waals surface area contributed by atoms with Crippen molar-refractivity contribution in [1.82, 2.24) is 10.2 Å². The van der Waals surface area contributed by atoms with Gasteiger partial charge in [-0.15, -0.1) is 0 Å². The fourth-order valence-corrected chi connectivity index (χ4v) is 3.39. The van der Waals surface area contributed by atoms with Gasteiger partial charge in [0.1, 0.15) is 12.4 Å². The number of hydrogen-bond donors (Lipinski definition) is 1. The molecule has 1 saturated heterocycles. The smallest absolute Gasteiger partial charge is 0.251 e. The predicted octanol–water partition coefficient (Wildman–Crippen LogP) is 3.92. The molecule has 2 aromatic carbocycles. The second-order valence-corrected chi connectivity index (χ2v) is 8.50. The highest BCUT2D eigenvalue weighted by molar-refractivity contribution is 5.94. The van der Waals surface area contributed by atoms with E-state index in [-0.39, 0.29) is 17.2 Å². The fraction of sp³-hybridized carbons (Fsp3) is 0.417. The maximum absolute atomic E-state index is 12.4. The Morgan fingerprint density at radius 3 is 2.55 bits per heavy atom. The van der Waals surface area contributed by atoms with Gasteiger partial charge in [0.2, 0.25) is 5.91 Å². The van der Waals surface area contributed by atoms with Crippen LogP contribution in [0.25, 0.3) is 0 Å². The first kappa shape index (κ1) is 20.9. The third kappa shape index (κ3) is 5.83. The van der Waals surface area contributed by atoms with E-state index in [2.05, 4.69) is 38.2 Å². The molecule has 0 unspecified atom stereocenters. The normalized spacial score (nSPS) is 14.2. The molecule has 2 amide bonds. The van der Waals surface area contributed by atoms with Crippen LogP contribution in [0.5, 0.6) is 5.75 Å². The lowest BCUT2D eigenvalue weighted by atomic mass is 9.87. The van der Waals surface area contributed by atoms with Gasteiger partial charge in [0.15, 0.2) is 0 Å². The molecule has 0 aromatic heterocycles. The van der Waals surface area contributed by atoms with E-state index in [1.54, 1.807) is 6.07 Å². The molecule has 1 heterocycles. The zero-order valence-corrected chi connectivity index (χ0v) is 17.5. The Bertz CT molecular complexity index is 853. The Labute approximate surface area is 173 Å². The highest BCUT2D eigenvalue weighted by Crippen LogP contribution is 2.24. The van der Waals surface area contributed by atoms with Crippen LogP contribution >= 0.6 is 0 Å². The van der Waals surface area contributed by atoms with Crippen LogP contribution in [0.1, 0.15) is 55.1 Å². The molecule has 0 radical (unpaired) electrons. The molecule has 154 valence electrons. The van der Waals surface area contributed by atoms with E-state index < -0.39 is 0 Å². The molecule has 1 aliphatic rings. The Hall–Kier alpha value is -2.82. The lowest BCUT2D eigenvalue weighted by molar-refractivity contribution is -0.128. The first-order chi connectivity index (χ1) is 13.8. The van der Waals surface area contributed by atoms with E-state index >= 15 is 0 Å². The average Bonchev–Trinajstić information content (AvgIpc) is 3.09. The Balaban J connectivity index is 1.46. The summed E-state index contributed by atoms with van der Waals surface area (Å²) in [5.41, 5.74) is 2.95. The number of nitrogens with one attached hydrogen (secondary N) is 1. The zero-order chi connectivity index (χ0) is 20.9. The van der Waals surface area contributed by atoms with Crippen LogP contribution in [0, 0.1) is 0 Å². The summed E-state index contributed by atoms with van der Waals surface area (Å²) in [6.07, 6.45) is 1.54. The zero-order valence-electron chi connectivity index (χ0n) is 17.5. The van der Waals surface area contributed by atoms with Crippen molar-refractivity contribution in [3.05, 3.63) is 65.2 Å². The van der Waals surface area contributed by atoms with E-state index in [0.717, 1.165) is 24.3 Å². The number of likely N-dealkylation sites (tertiary alicyclic amines) is 1. The molecular formula is C24H30N2O3.